The Kier molecular flexibility index (Phi) is 8.79. The summed E-state index contributed by atoms with van der Waals surface area (Å²) in [5.41, 5.74) is 1.39. The van der Waals surface area contributed by atoms with Gasteiger partial charge < -0.3 is 0 Å². The van der Waals surface area contributed by atoms with E-state index in [9.17, 15) is 0 Å². The number of unbranched alkanes of at least 4 members (excludes halogenated alkanes) is 4. The fraction of sp³-hybridized carbons (Fsp3) is 0.625. The van der Waals surface area contributed by atoms with Crippen molar-refractivity contribution in [3.8, 4) is 0 Å². The van der Waals surface area contributed by atoms with Crippen LogP contribution in [0.3, 0.4) is 0 Å². The lowest BCUT2D eigenvalue weighted by Gasteiger charge is -2.14. The van der Waals surface area contributed by atoms with Gasteiger partial charge in [-0.05, 0) is 30.4 Å². The highest BCUT2D eigenvalue weighted by Crippen LogP contribution is 2.23. The second-order valence-corrected chi connectivity index (χ2v) is 6.18. The second-order valence-electron chi connectivity index (χ2n) is 5.02. The quantitative estimate of drug-likeness (QED) is 0.373. The highest BCUT2D eigenvalue weighted by atomic mass is 79.9. The third-order valence-electron chi connectivity index (χ3n) is 3.40. The van der Waals surface area contributed by atoms with Gasteiger partial charge in [0.1, 0.15) is 0 Å². The van der Waals surface area contributed by atoms with Crippen LogP contribution in [-0.4, -0.2) is 5.88 Å². The monoisotopic (exact) mass is 330 g/mol. The minimum atomic E-state index is 0.618. The summed E-state index contributed by atoms with van der Waals surface area (Å²) in [6.45, 7) is 2.26. The fourth-order valence-corrected chi connectivity index (χ4v) is 2.96. The lowest BCUT2D eigenvalue weighted by atomic mass is 9.95. The number of halogens is 2. The van der Waals surface area contributed by atoms with Crippen molar-refractivity contribution in [2.75, 3.05) is 5.88 Å². The molecule has 0 fully saturated rings. The first-order valence-corrected chi connectivity index (χ1v) is 8.40. The molecule has 0 nitrogen and oxygen atoms in total. The summed E-state index contributed by atoms with van der Waals surface area (Å²) in [7, 11) is 0. The lowest BCUT2D eigenvalue weighted by Crippen LogP contribution is -2.07. The van der Waals surface area contributed by atoms with Gasteiger partial charge in [0.2, 0.25) is 0 Å². The topological polar surface area (TPSA) is 0 Å². The molecule has 1 unspecified atom stereocenters. The molecule has 0 spiro atoms. The number of alkyl halides is 1. The van der Waals surface area contributed by atoms with Crippen LogP contribution in [0.15, 0.2) is 28.7 Å². The Morgan fingerprint density at radius 3 is 2.50 bits per heavy atom. The molecule has 0 heterocycles. The Morgan fingerprint density at radius 1 is 1.11 bits per heavy atom. The molecule has 0 N–H and O–H groups in total. The van der Waals surface area contributed by atoms with Crippen LogP contribution in [0.1, 0.15) is 51.0 Å². The Balaban J connectivity index is 2.31. The maximum Gasteiger partial charge on any atom is 0.0254 e. The van der Waals surface area contributed by atoms with Crippen molar-refractivity contribution < 1.29 is 0 Å². The molecule has 0 radical (unpaired) electrons. The Bertz CT molecular complexity index is 325. The van der Waals surface area contributed by atoms with Gasteiger partial charge in [0, 0.05) is 10.4 Å². The van der Waals surface area contributed by atoms with E-state index in [-0.39, 0.29) is 0 Å². The third kappa shape index (κ3) is 6.24. The summed E-state index contributed by atoms with van der Waals surface area (Å²) >= 11 is 9.71. The molecule has 0 aliphatic heterocycles. The zero-order valence-corrected chi connectivity index (χ0v) is 13.6. The van der Waals surface area contributed by atoms with Crippen molar-refractivity contribution in [3.63, 3.8) is 0 Å². The van der Waals surface area contributed by atoms with Gasteiger partial charge >= 0.3 is 0 Å². The molecule has 1 aromatic rings. The molecule has 2 heteroatoms. The highest BCUT2D eigenvalue weighted by Gasteiger charge is 2.10. The summed E-state index contributed by atoms with van der Waals surface area (Å²) in [6, 6.07) is 8.48. The smallest absolute Gasteiger partial charge is 0.0254 e. The van der Waals surface area contributed by atoms with E-state index in [0.29, 0.717) is 5.92 Å². The molecule has 0 amide bonds. The molecule has 1 atom stereocenters. The van der Waals surface area contributed by atoms with E-state index in [1.54, 1.807) is 0 Å². The van der Waals surface area contributed by atoms with Crippen LogP contribution in [0.4, 0.5) is 0 Å². The van der Waals surface area contributed by atoms with Crippen molar-refractivity contribution in [1.82, 2.24) is 0 Å². The fourth-order valence-electron chi connectivity index (χ4n) is 2.25. The first-order chi connectivity index (χ1) is 8.77. The van der Waals surface area contributed by atoms with E-state index in [2.05, 4.69) is 47.1 Å². The van der Waals surface area contributed by atoms with Crippen LogP contribution in [0.2, 0.25) is 0 Å². The molecule has 0 saturated heterocycles. The van der Waals surface area contributed by atoms with Crippen LogP contribution in [0, 0.1) is 5.92 Å². The van der Waals surface area contributed by atoms with Gasteiger partial charge in [0.25, 0.3) is 0 Å². The Morgan fingerprint density at radius 2 is 1.83 bits per heavy atom. The van der Waals surface area contributed by atoms with Crippen molar-refractivity contribution in [2.24, 2.45) is 5.92 Å². The van der Waals surface area contributed by atoms with Crippen LogP contribution in [0.5, 0.6) is 0 Å². The average Bonchev–Trinajstić information content (AvgIpc) is 2.39. The normalized spacial score (nSPS) is 12.6. The van der Waals surface area contributed by atoms with Gasteiger partial charge in [-0.15, -0.1) is 11.6 Å². The molecule has 0 aromatic heterocycles. The molecular weight excluding hydrogens is 308 g/mol. The molecule has 102 valence electrons. The summed E-state index contributed by atoms with van der Waals surface area (Å²) in [4.78, 5) is 0. The highest BCUT2D eigenvalue weighted by molar-refractivity contribution is 9.10. The molecule has 0 saturated carbocycles. The van der Waals surface area contributed by atoms with E-state index in [1.807, 2.05) is 0 Å². The molecule has 0 bridgehead atoms. The molecular formula is C16H24BrCl. The largest absolute Gasteiger partial charge is 0.126 e. The average molecular weight is 332 g/mol. The standard InChI is InChI=1S/C16H24BrCl/c1-2-3-4-5-6-9-14(13-18)12-15-10-7-8-11-16(15)17/h7-8,10-11,14H,2-6,9,12-13H2,1H3. The van der Waals surface area contributed by atoms with Crippen molar-refractivity contribution >= 4 is 27.5 Å². The summed E-state index contributed by atoms with van der Waals surface area (Å²) in [5, 5.41) is 0. The summed E-state index contributed by atoms with van der Waals surface area (Å²) in [5.74, 6) is 1.39. The second kappa shape index (κ2) is 9.86. The summed E-state index contributed by atoms with van der Waals surface area (Å²) < 4.78 is 1.21. The molecule has 1 aromatic carbocycles. The molecule has 0 aliphatic carbocycles. The first kappa shape index (κ1) is 16.0. The minimum absolute atomic E-state index is 0.618. The maximum atomic E-state index is 6.09. The van der Waals surface area contributed by atoms with Crippen LogP contribution < -0.4 is 0 Å². The van der Waals surface area contributed by atoms with Crippen molar-refractivity contribution in [3.05, 3.63) is 34.3 Å². The zero-order valence-electron chi connectivity index (χ0n) is 11.3. The van der Waals surface area contributed by atoms with Gasteiger partial charge in [0.05, 0.1) is 0 Å². The van der Waals surface area contributed by atoms with Gasteiger partial charge in [-0.1, -0.05) is 73.2 Å². The van der Waals surface area contributed by atoms with Crippen molar-refractivity contribution in [1.29, 1.82) is 0 Å². The predicted octanol–water partition coefficient (Wildman–Crippen LogP) is 6.21. The lowest BCUT2D eigenvalue weighted by molar-refractivity contribution is 0.487. The van der Waals surface area contributed by atoms with E-state index >= 15 is 0 Å². The van der Waals surface area contributed by atoms with Gasteiger partial charge in [-0.3, -0.25) is 0 Å². The van der Waals surface area contributed by atoms with Gasteiger partial charge in [0.15, 0.2) is 0 Å². The Labute approximate surface area is 125 Å². The summed E-state index contributed by atoms with van der Waals surface area (Å²) in [6.07, 6.45) is 9.10. The minimum Gasteiger partial charge on any atom is -0.126 e. The number of hydrogen-bond acceptors (Lipinski definition) is 0. The molecule has 0 aliphatic rings. The van der Waals surface area contributed by atoms with E-state index in [0.717, 1.165) is 12.3 Å². The van der Waals surface area contributed by atoms with Crippen LogP contribution in [-0.2, 0) is 6.42 Å². The maximum absolute atomic E-state index is 6.09. The van der Waals surface area contributed by atoms with Crippen LogP contribution >= 0.6 is 27.5 Å². The number of hydrogen-bond donors (Lipinski definition) is 0. The van der Waals surface area contributed by atoms with Crippen LogP contribution in [0.25, 0.3) is 0 Å². The number of benzene rings is 1. The third-order valence-corrected chi connectivity index (χ3v) is 4.61. The zero-order chi connectivity index (χ0) is 13.2. The van der Waals surface area contributed by atoms with Gasteiger partial charge in [-0.25, -0.2) is 0 Å². The molecule has 1 rings (SSSR count). The SMILES string of the molecule is CCCCCCCC(CCl)Cc1ccccc1Br. The van der Waals surface area contributed by atoms with E-state index in [1.165, 1.54) is 48.6 Å². The number of rotatable bonds is 9. The predicted molar refractivity (Wildman–Crippen MR) is 85.4 cm³/mol. The van der Waals surface area contributed by atoms with Gasteiger partial charge in [-0.2, -0.15) is 0 Å². The Hall–Kier alpha value is -0.0100. The first-order valence-electron chi connectivity index (χ1n) is 7.07. The van der Waals surface area contributed by atoms with E-state index in [4.69, 9.17) is 11.6 Å². The molecule has 18 heavy (non-hydrogen) atoms. The van der Waals surface area contributed by atoms with E-state index < -0.39 is 0 Å². The van der Waals surface area contributed by atoms with Crippen molar-refractivity contribution in [2.45, 2.75) is 51.9 Å².